The quantitative estimate of drug-likeness (QED) is 0.727. The first-order chi connectivity index (χ1) is 11.1. The third-order valence-corrected chi connectivity index (χ3v) is 3.14. The van der Waals surface area contributed by atoms with Gasteiger partial charge < -0.3 is 20.4 Å². The standard InChI is InChI=1S/C16H20N4O3/c1-12(6-7-14-5-3-9-23-14)19-16(22)18-11-15(21)20-13-4-2-8-17-10-13/h2-5,8-10,12H,6-7,11H2,1H3,(H,20,21)(H2,18,19,22). The predicted octanol–water partition coefficient (Wildman–Crippen LogP) is 1.93. The normalized spacial score (nSPS) is 11.5. The molecule has 3 N–H and O–H groups in total. The Morgan fingerprint density at radius 2 is 2.17 bits per heavy atom. The predicted molar refractivity (Wildman–Crippen MR) is 85.9 cm³/mol. The van der Waals surface area contributed by atoms with Crippen molar-refractivity contribution < 1.29 is 14.0 Å². The molecule has 0 fully saturated rings. The van der Waals surface area contributed by atoms with E-state index < -0.39 is 0 Å². The van der Waals surface area contributed by atoms with Gasteiger partial charge in [0.15, 0.2) is 0 Å². The van der Waals surface area contributed by atoms with Gasteiger partial charge in [0.1, 0.15) is 5.76 Å². The second-order valence-corrected chi connectivity index (χ2v) is 5.14. The van der Waals surface area contributed by atoms with Gasteiger partial charge in [0.25, 0.3) is 0 Å². The van der Waals surface area contributed by atoms with Crippen LogP contribution in [0.1, 0.15) is 19.1 Å². The number of amides is 3. The summed E-state index contributed by atoms with van der Waals surface area (Å²) in [4.78, 5) is 27.3. The van der Waals surface area contributed by atoms with Crippen molar-refractivity contribution in [1.82, 2.24) is 15.6 Å². The van der Waals surface area contributed by atoms with Crippen LogP contribution in [0.2, 0.25) is 0 Å². The van der Waals surface area contributed by atoms with Crippen molar-refractivity contribution in [1.29, 1.82) is 0 Å². The largest absolute Gasteiger partial charge is 0.469 e. The zero-order valence-electron chi connectivity index (χ0n) is 12.9. The lowest BCUT2D eigenvalue weighted by atomic mass is 10.1. The summed E-state index contributed by atoms with van der Waals surface area (Å²) in [6.45, 7) is 1.80. The van der Waals surface area contributed by atoms with E-state index in [0.29, 0.717) is 5.69 Å². The fourth-order valence-corrected chi connectivity index (χ4v) is 1.96. The monoisotopic (exact) mass is 316 g/mol. The van der Waals surface area contributed by atoms with Crippen LogP contribution in [0.3, 0.4) is 0 Å². The zero-order chi connectivity index (χ0) is 16.5. The van der Waals surface area contributed by atoms with Crippen molar-refractivity contribution in [2.75, 3.05) is 11.9 Å². The van der Waals surface area contributed by atoms with E-state index in [2.05, 4.69) is 20.9 Å². The maximum Gasteiger partial charge on any atom is 0.315 e. The Hall–Kier alpha value is -2.83. The van der Waals surface area contributed by atoms with Crippen LogP contribution in [0.15, 0.2) is 47.3 Å². The van der Waals surface area contributed by atoms with Crippen LogP contribution >= 0.6 is 0 Å². The number of carbonyl (C=O) groups excluding carboxylic acids is 2. The van der Waals surface area contributed by atoms with E-state index in [1.54, 1.807) is 24.6 Å². The summed E-state index contributed by atoms with van der Waals surface area (Å²) < 4.78 is 5.24. The molecule has 2 rings (SSSR count). The van der Waals surface area contributed by atoms with E-state index in [9.17, 15) is 9.59 Å². The highest BCUT2D eigenvalue weighted by Gasteiger charge is 2.10. The van der Waals surface area contributed by atoms with Gasteiger partial charge in [0.05, 0.1) is 24.7 Å². The number of carbonyl (C=O) groups is 2. The number of furan rings is 1. The summed E-state index contributed by atoms with van der Waals surface area (Å²) in [7, 11) is 0. The van der Waals surface area contributed by atoms with Crippen molar-refractivity contribution in [3.05, 3.63) is 48.7 Å². The molecule has 7 nitrogen and oxygen atoms in total. The number of rotatable bonds is 7. The van der Waals surface area contributed by atoms with E-state index in [-0.39, 0.29) is 24.5 Å². The highest BCUT2D eigenvalue weighted by Crippen LogP contribution is 2.05. The van der Waals surface area contributed by atoms with E-state index in [0.717, 1.165) is 18.6 Å². The average molecular weight is 316 g/mol. The van der Waals surface area contributed by atoms with Crippen LogP contribution in [0.5, 0.6) is 0 Å². The molecule has 122 valence electrons. The van der Waals surface area contributed by atoms with Crippen molar-refractivity contribution in [2.24, 2.45) is 0 Å². The molecule has 0 aromatic carbocycles. The summed E-state index contributed by atoms with van der Waals surface area (Å²) in [5, 5.41) is 7.94. The molecule has 0 bridgehead atoms. The number of anilines is 1. The maximum absolute atomic E-state index is 11.7. The Kier molecular flexibility index (Phi) is 6.17. The Labute approximate surface area is 134 Å². The molecule has 0 spiro atoms. The third kappa shape index (κ3) is 6.21. The van der Waals surface area contributed by atoms with Gasteiger partial charge in [0, 0.05) is 18.7 Å². The molecular formula is C16H20N4O3. The van der Waals surface area contributed by atoms with Gasteiger partial charge >= 0.3 is 6.03 Å². The van der Waals surface area contributed by atoms with Gasteiger partial charge in [-0.05, 0) is 37.6 Å². The van der Waals surface area contributed by atoms with Crippen molar-refractivity contribution in [2.45, 2.75) is 25.8 Å². The molecule has 23 heavy (non-hydrogen) atoms. The van der Waals surface area contributed by atoms with Crippen molar-refractivity contribution in [3.63, 3.8) is 0 Å². The Morgan fingerprint density at radius 3 is 2.87 bits per heavy atom. The average Bonchev–Trinajstić information content (AvgIpc) is 3.05. The molecule has 2 heterocycles. The number of aryl methyl sites for hydroxylation is 1. The lowest BCUT2D eigenvalue weighted by Crippen LogP contribution is -2.43. The fourth-order valence-electron chi connectivity index (χ4n) is 1.96. The summed E-state index contributed by atoms with van der Waals surface area (Å²) >= 11 is 0. The van der Waals surface area contributed by atoms with Gasteiger partial charge in [-0.2, -0.15) is 0 Å². The third-order valence-electron chi connectivity index (χ3n) is 3.14. The minimum absolute atomic E-state index is 0.0264. The molecule has 0 radical (unpaired) electrons. The second-order valence-electron chi connectivity index (χ2n) is 5.14. The second kappa shape index (κ2) is 8.57. The number of hydrogen-bond donors (Lipinski definition) is 3. The summed E-state index contributed by atoms with van der Waals surface area (Å²) in [6, 6.07) is 6.77. The van der Waals surface area contributed by atoms with Gasteiger partial charge in [-0.1, -0.05) is 0 Å². The number of urea groups is 1. The minimum atomic E-state index is -0.377. The Bertz CT molecular complexity index is 614. The number of aromatic nitrogens is 1. The first-order valence-corrected chi connectivity index (χ1v) is 7.40. The molecule has 7 heteroatoms. The Balaban J connectivity index is 1.63. The van der Waals surface area contributed by atoms with Crippen LogP contribution in [-0.4, -0.2) is 29.5 Å². The summed E-state index contributed by atoms with van der Waals surface area (Å²) in [5.41, 5.74) is 0.589. The molecular weight excluding hydrogens is 296 g/mol. The van der Waals surface area contributed by atoms with E-state index in [1.807, 2.05) is 19.1 Å². The molecule has 3 amide bonds. The van der Waals surface area contributed by atoms with Gasteiger partial charge in [-0.15, -0.1) is 0 Å². The topological polar surface area (TPSA) is 96.3 Å². The molecule has 1 atom stereocenters. The fraction of sp³-hybridized carbons (Fsp3) is 0.312. The number of hydrogen-bond acceptors (Lipinski definition) is 4. The molecule has 0 saturated carbocycles. The van der Waals surface area contributed by atoms with Crippen molar-refractivity contribution in [3.8, 4) is 0 Å². The summed E-state index contributed by atoms with van der Waals surface area (Å²) in [6.07, 6.45) is 6.28. The van der Waals surface area contributed by atoms with Gasteiger partial charge in [-0.25, -0.2) is 4.79 Å². The molecule has 0 aliphatic carbocycles. The smallest absolute Gasteiger partial charge is 0.315 e. The van der Waals surface area contributed by atoms with Crippen LogP contribution in [0, 0.1) is 0 Å². The molecule has 2 aromatic rings. The molecule has 0 aliphatic rings. The van der Waals surface area contributed by atoms with E-state index in [1.165, 1.54) is 6.20 Å². The van der Waals surface area contributed by atoms with Crippen LogP contribution in [0.4, 0.5) is 10.5 Å². The van der Waals surface area contributed by atoms with Gasteiger partial charge in [0.2, 0.25) is 5.91 Å². The van der Waals surface area contributed by atoms with Crippen molar-refractivity contribution >= 4 is 17.6 Å². The first kappa shape index (κ1) is 16.5. The van der Waals surface area contributed by atoms with Crippen LogP contribution in [-0.2, 0) is 11.2 Å². The van der Waals surface area contributed by atoms with E-state index in [4.69, 9.17) is 4.42 Å². The molecule has 0 saturated heterocycles. The zero-order valence-corrected chi connectivity index (χ0v) is 12.9. The first-order valence-electron chi connectivity index (χ1n) is 7.40. The number of nitrogens with one attached hydrogen (secondary N) is 3. The highest BCUT2D eigenvalue weighted by atomic mass is 16.3. The molecule has 0 aliphatic heterocycles. The van der Waals surface area contributed by atoms with Crippen LogP contribution < -0.4 is 16.0 Å². The minimum Gasteiger partial charge on any atom is -0.469 e. The van der Waals surface area contributed by atoms with Gasteiger partial charge in [-0.3, -0.25) is 9.78 Å². The number of pyridine rings is 1. The molecule has 1 unspecified atom stereocenters. The molecule has 2 aromatic heterocycles. The summed E-state index contributed by atoms with van der Waals surface area (Å²) in [5.74, 6) is 0.575. The maximum atomic E-state index is 11.7. The number of nitrogens with zero attached hydrogens (tertiary/aromatic N) is 1. The van der Waals surface area contributed by atoms with Crippen LogP contribution in [0.25, 0.3) is 0 Å². The SMILES string of the molecule is CC(CCc1ccco1)NC(=O)NCC(=O)Nc1cccnc1. The Morgan fingerprint density at radius 1 is 1.30 bits per heavy atom. The highest BCUT2D eigenvalue weighted by molar-refractivity contribution is 5.94. The lowest BCUT2D eigenvalue weighted by Gasteiger charge is -2.14. The lowest BCUT2D eigenvalue weighted by molar-refractivity contribution is -0.115. The van der Waals surface area contributed by atoms with E-state index >= 15 is 0 Å².